The number of ether oxygens (including phenoxy) is 3. The molecule has 2 aromatic rings. The number of hydrogen-bond donors (Lipinski definition) is 0. The zero-order valence-corrected chi connectivity index (χ0v) is 16.7. The highest BCUT2D eigenvalue weighted by molar-refractivity contribution is 7.15. The predicted octanol–water partition coefficient (Wildman–Crippen LogP) is 5.34. The average Bonchev–Trinajstić information content (AvgIpc) is 3.36. The van der Waals surface area contributed by atoms with Crippen molar-refractivity contribution in [2.75, 3.05) is 19.8 Å². The molecule has 1 aromatic heterocycles. The third-order valence-electron chi connectivity index (χ3n) is 4.32. The summed E-state index contributed by atoms with van der Waals surface area (Å²) in [4.78, 5) is 13.1. The van der Waals surface area contributed by atoms with Crippen LogP contribution in [0.4, 0.5) is 8.78 Å². The maximum absolute atomic E-state index is 14.3. The van der Waals surface area contributed by atoms with Crippen LogP contribution in [-0.4, -0.2) is 25.8 Å². The second-order valence-electron chi connectivity index (χ2n) is 6.75. The molecule has 0 N–H and O–H groups in total. The Labute approximate surface area is 167 Å². The fourth-order valence-electron chi connectivity index (χ4n) is 2.69. The van der Waals surface area contributed by atoms with Crippen molar-refractivity contribution < 1.29 is 27.8 Å². The quantitative estimate of drug-likeness (QED) is 0.370. The highest BCUT2D eigenvalue weighted by atomic mass is 32.1. The normalized spacial score (nSPS) is 13.5. The second-order valence-corrected chi connectivity index (χ2v) is 7.92. The van der Waals surface area contributed by atoms with Gasteiger partial charge in [0.05, 0.1) is 19.8 Å². The average molecular weight is 410 g/mol. The first kappa shape index (κ1) is 20.7. The lowest BCUT2D eigenvalue weighted by molar-refractivity contribution is -0.143. The summed E-state index contributed by atoms with van der Waals surface area (Å²) in [7, 11) is 0. The molecule has 1 aliphatic rings. The molecule has 0 radical (unpaired) electrons. The summed E-state index contributed by atoms with van der Waals surface area (Å²) in [5.74, 6) is -1.58. The second kappa shape index (κ2) is 9.98. The molecule has 0 saturated heterocycles. The number of carbonyl (C=O) groups is 1. The Morgan fingerprint density at radius 3 is 2.64 bits per heavy atom. The number of rotatable bonds is 11. The molecule has 0 spiro atoms. The van der Waals surface area contributed by atoms with Crippen molar-refractivity contribution in [3.8, 4) is 16.2 Å². The van der Waals surface area contributed by atoms with E-state index in [1.165, 1.54) is 36.3 Å². The van der Waals surface area contributed by atoms with E-state index in [1.807, 2.05) is 12.1 Å². The molecular formula is C21H24F2O4S. The molecule has 1 fully saturated rings. The molecule has 0 amide bonds. The molecule has 1 aliphatic carbocycles. The largest absolute Gasteiger partial charge is 0.488 e. The van der Waals surface area contributed by atoms with Gasteiger partial charge in [-0.3, -0.25) is 4.79 Å². The third-order valence-corrected chi connectivity index (χ3v) is 5.42. The zero-order valence-electron chi connectivity index (χ0n) is 15.8. The van der Waals surface area contributed by atoms with Crippen molar-refractivity contribution in [2.45, 2.75) is 39.2 Å². The molecule has 1 heterocycles. The predicted molar refractivity (Wildman–Crippen MR) is 103 cm³/mol. The number of esters is 1. The van der Waals surface area contributed by atoms with E-state index >= 15 is 0 Å². The van der Waals surface area contributed by atoms with Crippen molar-refractivity contribution in [1.29, 1.82) is 0 Å². The molecule has 3 rings (SSSR count). The van der Waals surface area contributed by atoms with Gasteiger partial charge in [-0.25, -0.2) is 8.78 Å². The van der Waals surface area contributed by atoms with Gasteiger partial charge in [0.25, 0.3) is 0 Å². The van der Waals surface area contributed by atoms with Gasteiger partial charge in [-0.15, -0.1) is 11.3 Å². The fourth-order valence-corrected chi connectivity index (χ4v) is 3.62. The lowest BCUT2D eigenvalue weighted by atomic mass is 10.1. The minimum Gasteiger partial charge on any atom is -0.488 e. The van der Waals surface area contributed by atoms with Gasteiger partial charge >= 0.3 is 5.97 Å². The van der Waals surface area contributed by atoms with Crippen LogP contribution in [0.25, 0.3) is 10.4 Å². The first-order valence-corrected chi connectivity index (χ1v) is 10.3. The summed E-state index contributed by atoms with van der Waals surface area (Å²) in [6.07, 6.45) is 2.96. The Bertz CT molecular complexity index is 778. The summed E-state index contributed by atoms with van der Waals surface area (Å²) in [6, 6.07) is 6.30. The van der Waals surface area contributed by atoms with Gasteiger partial charge in [0.15, 0.2) is 17.4 Å². The topological polar surface area (TPSA) is 44.8 Å². The van der Waals surface area contributed by atoms with Gasteiger partial charge in [0, 0.05) is 22.8 Å². The van der Waals surface area contributed by atoms with Crippen LogP contribution in [0.2, 0.25) is 0 Å². The SMILES string of the molecule is CCOC(=O)CCCOc1c(F)cc(-c2ccc(COCC3CC3)s2)cc1F. The summed E-state index contributed by atoms with van der Waals surface area (Å²) >= 11 is 1.46. The van der Waals surface area contributed by atoms with E-state index in [4.69, 9.17) is 14.2 Å². The van der Waals surface area contributed by atoms with Crippen LogP contribution in [0.1, 0.15) is 37.5 Å². The number of carbonyl (C=O) groups excluding carboxylic acids is 1. The third kappa shape index (κ3) is 6.01. The number of halogens is 2. The van der Waals surface area contributed by atoms with E-state index in [0.717, 1.165) is 16.4 Å². The standard InChI is InChI=1S/C21H24F2O4S/c1-2-26-20(24)4-3-9-27-21-17(22)10-15(11-18(21)23)19-8-7-16(28-19)13-25-12-14-5-6-14/h7-8,10-11,14H,2-6,9,12-13H2,1H3. The van der Waals surface area contributed by atoms with E-state index < -0.39 is 17.4 Å². The van der Waals surface area contributed by atoms with E-state index in [2.05, 4.69) is 0 Å². The smallest absolute Gasteiger partial charge is 0.305 e. The molecule has 7 heteroatoms. The Hall–Kier alpha value is -1.99. The van der Waals surface area contributed by atoms with E-state index in [0.29, 0.717) is 31.1 Å². The highest BCUT2D eigenvalue weighted by Gasteiger charge is 2.21. The van der Waals surface area contributed by atoms with Crippen LogP contribution in [0, 0.1) is 17.6 Å². The van der Waals surface area contributed by atoms with Gasteiger partial charge < -0.3 is 14.2 Å². The van der Waals surface area contributed by atoms with Crippen LogP contribution in [0.15, 0.2) is 24.3 Å². The number of thiophene rings is 1. The first-order valence-electron chi connectivity index (χ1n) is 9.51. The molecule has 28 heavy (non-hydrogen) atoms. The molecule has 152 valence electrons. The van der Waals surface area contributed by atoms with E-state index in [9.17, 15) is 13.6 Å². The highest BCUT2D eigenvalue weighted by Crippen LogP contribution is 2.34. The van der Waals surface area contributed by atoms with Crippen molar-refractivity contribution in [3.63, 3.8) is 0 Å². The van der Waals surface area contributed by atoms with Gasteiger partial charge in [-0.1, -0.05) is 0 Å². The lowest BCUT2D eigenvalue weighted by Crippen LogP contribution is -2.08. The van der Waals surface area contributed by atoms with Crippen LogP contribution in [0.3, 0.4) is 0 Å². The minimum atomic E-state index is -0.758. The Kier molecular flexibility index (Phi) is 7.39. The molecule has 0 unspecified atom stereocenters. The van der Waals surface area contributed by atoms with Crippen LogP contribution in [0.5, 0.6) is 5.75 Å². The lowest BCUT2D eigenvalue weighted by Gasteiger charge is -2.09. The van der Waals surface area contributed by atoms with Gasteiger partial charge in [-0.05, 0) is 61.9 Å². The molecule has 1 aromatic carbocycles. The van der Waals surface area contributed by atoms with Crippen molar-refractivity contribution in [1.82, 2.24) is 0 Å². The minimum absolute atomic E-state index is 0.0352. The fraction of sp³-hybridized carbons (Fsp3) is 0.476. The molecule has 0 aliphatic heterocycles. The van der Waals surface area contributed by atoms with Gasteiger partial charge in [0.1, 0.15) is 0 Å². The molecular weight excluding hydrogens is 386 g/mol. The number of hydrogen-bond acceptors (Lipinski definition) is 5. The Morgan fingerprint density at radius 1 is 1.21 bits per heavy atom. The van der Waals surface area contributed by atoms with Crippen molar-refractivity contribution in [3.05, 3.63) is 40.8 Å². The molecule has 0 bridgehead atoms. The summed E-state index contributed by atoms with van der Waals surface area (Å²) in [5.41, 5.74) is 0.465. The first-order chi connectivity index (χ1) is 13.6. The Morgan fingerprint density at radius 2 is 1.96 bits per heavy atom. The summed E-state index contributed by atoms with van der Waals surface area (Å²) in [5, 5.41) is 0. The van der Waals surface area contributed by atoms with Crippen molar-refractivity contribution in [2.24, 2.45) is 5.92 Å². The molecule has 1 saturated carbocycles. The van der Waals surface area contributed by atoms with Crippen LogP contribution >= 0.6 is 11.3 Å². The maximum atomic E-state index is 14.3. The van der Waals surface area contributed by atoms with Crippen molar-refractivity contribution >= 4 is 17.3 Å². The van der Waals surface area contributed by atoms with Gasteiger partial charge in [0.2, 0.25) is 0 Å². The van der Waals surface area contributed by atoms with E-state index in [1.54, 1.807) is 6.92 Å². The monoisotopic (exact) mass is 410 g/mol. The zero-order chi connectivity index (χ0) is 19.9. The maximum Gasteiger partial charge on any atom is 0.305 e. The summed E-state index contributed by atoms with van der Waals surface area (Å²) in [6.45, 7) is 3.36. The summed E-state index contributed by atoms with van der Waals surface area (Å²) < 4.78 is 44.3. The molecule has 4 nitrogen and oxygen atoms in total. The van der Waals surface area contributed by atoms with Crippen LogP contribution in [-0.2, 0) is 20.9 Å². The number of benzene rings is 1. The Balaban J connectivity index is 1.55. The molecule has 0 atom stereocenters. The van der Waals surface area contributed by atoms with E-state index in [-0.39, 0.29) is 19.0 Å². The van der Waals surface area contributed by atoms with Crippen LogP contribution < -0.4 is 4.74 Å². The van der Waals surface area contributed by atoms with Gasteiger partial charge in [-0.2, -0.15) is 0 Å².